The molecule has 2 aromatic heterocycles. The smallest absolute Gasteiger partial charge is 0.346 e. The summed E-state index contributed by atoms with van der Waals surface area (Å²) in [7, 11) is -8.05. The first-order chi connectivity index (χ1) is 16.4. The summed E-state index contributed by atoms with van der Waals surface area (Å²) in [5.41, 5.74) is 0.0492. The van der Waals surface area contributed by atoms with Gasteiger partial charge in [0.15, 0.2) is 11.6 Å². The second-order valence-electron chi connectivity index (χ2n) is 8.52. The van der Waals surface area contributed by atoms with Gasteiger partial charge >= 0.3 is 7.52 Å². The molecule has 0 bridgehead atoms. The van der Waals surface area contributed by atoms with Crippen molar-refractivity contribution < 1.29 is 23.0 Å². The minimum absolute atomic E-state index is 0.0866. The molecule has 14 heteroatoms. The van der Waals surface area contributed by atoms with Crippen molar-refractivity contribution in [3.63, 3.8) is 0 Å². The minimum atomic E-state index is -4.44. The Morgan fingerprint density at radius 3 is 2.66 bits per heavy atom. The van der Waals surface area contributed by atoms with E-state index in [0.29, 0.717) is 12.0 Å². The Balaban J connectivity index is 1.86. The second kappa shape index (κ2) is 9.23. The van der Waals surface area contributed by atoms with E-state index < -0.39 is 28.9 Å². The monoisotopic (exact) mass is 537 g/mol. The van der Waals surface area contributed by atoms with Gasteiger partial charge in [-0.3, -0.25) is 14.1 Å². The summed E-state index contributed by atoms with van der Waals surface area (Å²) in [6.07, 6.45) is 1.61. The zero-order chi connectivity index (χ0) is 25.5. The number of anilines is 2. The lowest BCUT2D eigenvalue weighted by Crippen LogP contribution is -2.35. The van der Waals surface area contributed by atoms with E-state index in [9.17, 15) is 27.8 Å². The Hall–Kier alpha value is -2.99. The fraction of sp³-hybridized carbons (Fsp3) is 0.286. The molecule has 0 saturated carbocycles. The zero-order valence-electron chi connectivity index (χ0n) is 19.1. The molecule has 35 heavy (non-hydrogen) atoms. The van der Waals surface area contributed by atoms with Crippen LogP contribution in [-0.2, 0) is 21.1 Å². The summed E-state index contributed by atoms with van der Waals surface area (Å²) < 4.78 is 43.6. The predicted molar refractivity (Wildman–Crippen MR) is 137 cm³/mol. The van der Waals surface area contributed by atoms with Gasteiger partial charge in [0.2, 0.25) is 10.0 Å². The lowest BCUT2D eigenvalue weighted by molar-refractivity contribution is 0.444. The van der Waals surface area contributed by atoms with Crippen LogP contribution in [0.5, 0.6) is 5.75 Å². The van der Waals surface area contributed by atoms with Crippen LogP contribution in [0.25, 0.3) is 11.3 Å². The number of benzene rings is 1. The molecule has 0 spiro atoms. The average Bonchev–Trinajstić information content (AvgIpc) is 3.27. The highest BCUT2D eigenvalue weighted by molar-refractivity contribution is 7.92. The van der Waals surface area contributed by atoms with Gasteiger partial charge in [0, 0.05) is 23.2 Å². The average molecular weight is 538 g/mol. The third-order valence-corrected chi connectivity index (χ3v) is 7.94. The van der Waals surface area contributed by atoms with Gasteiger partial charge in [0.1, 0.15) is 11.3 Å². The fourth-order valence-electron chi connectivity index (χ4n) is 3.51. The van der Waals surface area contributed by atoms with Gasteiger partial charge in [-0.1, -0.05) is 13.8 Å². The highest BCUT2D eigenvalue weighted by atomic mass is 32.2. The number of amidine groups is 1. The quantitative estimate of drug-likeness (QED) is 0.334. The van der Waals surface area contributed by atoms with Crippen LogP contribution in [0.3, 0.4) is 0 Å². The lowest BCUT2D eigenvalue weighted by Gasteiger charge is -2.23. The van der Waals surface area contributed by atoms with Crippen molar-refractivity contribution in [1.29, 1.82) is 0 Å². The van der Waals surface area contributed by atoms with Crippen molar-refractivity contribution in [2.75, 3.05) is 16.3 Å². The molecule has 0 aliphatic carbocycles. The first-order valence-corrected chi connectivity index (χ1v) is 15.0. The highest BCUT2D eigenvalue weighted by Gasteiger charge is 2.34. The number of fused-ring (bicyclic) bond motifs is 1. The van der Waals surface area contributed by atoms with Gasteiger partial charge in [-0.25, -0.2) is 13.1 Å². The number of aromatic nitrogens is 2. The van der Waals surface area contributed by atoms with Gasteiger partial charge in [-0.05, 0) is 42.0 Å². The number of hydrogen-bond acceptors (Lipinski definition) is 8. The summed E-state index contributed by atoms with van der Waals surface area (Å²) >= 11 is 1.39. The number of rotatable bonds is 7. The number of aryl methyl sites for hydroxylation is 1. The number of nitrogens with one attached hydrogen (secondary N) is 2. The van der Waals surface area contributed by atoms with Crippen LogP contribution in [0.15, 0.2) is 44.6 Å². The van der Waals surface area contributed by atoms with Crippen LogP contribution < -0.4 is 20.9 Å². The number of aromatic hydroxyl groups is 1. The fourth-order valence-corrected chi connectivity index (χ4v) is 5.99. The summed E-state index contributed by atoms with van der Waals surface area (Å²) in [6.45, 7) is 4.29. The molecule has 0 fully saturated rings. The van der Waals surface area contributed by atoms with Crippen LogP contribution in [0.1, 0.15) is 25.8 Å². The number of sulfonamides is 1. The summed E-state index contributed by atoms with van der Waals surface area (Å²) in [6, 6.07) is 5.75. The summed E-state index contributed by atoms with van der Waals surface area (Å²) in [4.78, 5) is 24.0. The van der Waals surface area contributed by atoms with Crippen molar-refractivity contribution in [2.24, 2.45) is 10.7 Å². The number of thiophene rings is 1. The maximum Gasteiger partial charge on any atom is 0.346 e. The Bertz CT molecular complexity index is 1530. The van der Waals surface area contributed by atoms with E-state index in [4.69, 9.17) is 0 Å². The molecule has 4 rings (SSSR count). The summed E-state index contributed by atoms with van der Waals surface area (Å²) in [5, 5.41) is 21.7. The van der Waals surface area contributed by atoms with Crippen LogP contribution in [0.2, 0.25) is 0 Å². The largest absolute Gasteiger partial charge is 0.505 e. The molecule has 0 saturated heterocycles. The zero-order valence-corrected chi connectivity index (χ0v) is 21.6. The minimum Gasteiger partial charge on any atom is -0.505 e. The third-order valence-electron chi connectivity index (χ3n) is 5.18. The molecule has 1 aromatic carbocycles. The highest BCUT2D eigenvalue weighted by Crippen LogP contribution is 2.47. The van der Waals surface area contributed by atoms with E-state index in [1.165, 1.54) is 34.2 Å². The topological polar surface area (TPSA) is 163 Å². The van der Waals surface area contributed by atoms with E-state index in [1.807, 2.05) is 13.8 Å². The maximum atomic E-state index is 13.3. The van der Waals surface area contributed by atoms with Gasteiger partial charge in [-0.15, -0.1) is 0 Å². The van der Waals surface area contributed by atoms with Gasteiger partial charge in [-0.2, -0.15) is 21.2 Å². The molecular formula is C21H24N5O6PS2. The van der Waals surface area contributed by atoms with E-state index in [0.717, 1.165) is 6.26 Å². The molecule has 1 unspecified atom stereocenters. The van der Waals surface area contributed by atoms with Gasteiger partial charge < -0.3 is 15.3 Å². The molecule has 3 heterocycles. The Labute approximate surface area is 205 Å². The molecule has 1 atom stereocenters. The molecule has 1 aliphatic rings. The van der Waals surface area contributed by atoms with Crippen molar-refractivity contribution in [3.8, 4) is 17.0 Å². The van der Waals surface area contributed by atoms with Crippen LogP contribution in [-0.4, -0.2) is 40.3 Å². The standard InChI is InChI=1S/C21H24N5O6PS2/c1-12(2)6-8-26-21(28)17(19(27)18(23-26)13-7-9-34-11-13)20-22-15-5-4-14(25-35(3,31)32)10-16(15)33(29,30)24-20/h4-5,7,9-12,25,27H,6,8H2,1-3H3,(H2,22,24,29,30). The number of hydrogen-bond donors (Lipinski definition) is 4. The van der Waals surface area contributed by atoms with Crippen molar-refractivity contribution in [3.05, 3.63) is 50.9 Å². The molecule has 1 aliphatic heterocycles. The SMILES string of the molecule is CC(C)CCn1nc(-c2ccsc2)c(O)c(C2=NP(=O)(O)c3cc(NS(C)(=O)=O)ccc3N2)c1=O. The normalized spacial score (nSPS) is 17.6. The van der Waals surface area contributed by atoms with Crippen molar-refractivity contribution in [2.45, 2.75) is 26.8 Å². The molecule has 186 valence electrons. The van der Waals surface area contributed by atoms with E-state index in [-0.39, 0.29) is 46.2 Å². The molecular weight excluding hydrogens is 513 g/mol. The third kappa shape index (κ3) is 5.32. The summed E-state index contributed by atoms with van der Waals surface area (Å²) in [5.74, 6) is -0.443. The Morgan fingerprint density at radius 2 is 2.03 bits per heavy atom. The van der Waals surface area contributed by atoms with Gasteiger partial charge in [0.05, 0.1) is 17.2 Å². The first-order valence-electron chi connectivity index (χ1n) is 10.5. The number of nitrogens with zero attached hydrogens (tertiary/aromatic N) is 3. The van der Waals surface area contributed by atoms with Crippen LogP contribution >= 0.6 is 18.9 Å². The first kappa shape index (κ1) is 25.1. The Kier molecular flexibility index (Phi) is 6.62. The van der Waals surface area contributed by atoms with Crippen LogP contribution in [0.4, 0.5) is 11.4 Å². The molecule has 0 radical (unpaired) electrons. The molecule has 3 aromatic rings. The molecule has 11 nitrogen and oxygen atoms in total. The molecule has 4 N–H and O–H groups in total. The lowest BCUT2D eigenvalue weighted by atomic mass is 10.1. The van der Waals surface area contributed by atoms with E-state index in [2.05, 4.69) is 19.9 Å². The Morgan fingerprint density at radius 1 is 1.29 bits per heavy atom. The maximum absolute atomic E-state index is 13.3. The second-order valence-corrected chi connectivity index (χ2v) is 12.8. The van der Waals surface area contributed by atoms with E-state index >= 15 is 0 Å². The van der Waals surface area contributed by atoms with E-state index in [1.54, 1.807) is 16.8 Å². The molecule has 0 amide bonds. The van der Waals surface area contributed by atoms with Crippen molar-refractivity contribution in [1.82, 2.24) is 9.78 Å². The van der Waals surface area contributed by atoms with Gasteiger partial charge in [0.25, 0.3) is 5.56 Å². The van der Waals surface area contributed by atoms with Crippen LogP contribution in [0, 0.1) is 5.92 Å². The predicted octanol–water partition coefficient (Wildman–Crippen LogP) is 2.78. The van der Waals surface area contributed by atoms with Crippen molar-refractivity contribution >= 4 is 51.4 Å².